The van der Waals surface area contributed by atoms with Gasteiger partial charge in [-0.05, 0) is 48.9 Å². The van der Waals surface area contributed by atoms with E-state index < -0.39 is 15.9 Å². The molecule has 2 aromatic rings. The number of nitrogens with zero attached hydrogens (tertiary/aromatic N) is 1. The van der Waals surface area contributed by atoms with Crippen LogP contribution in [0, 0.1) is 6.92 Å². The molecule has 7 nitrogen and oxygen atoms in total. The van der Waals surface area contributed by atoms with E-state index in [1.54, 1.807) is 39.0 Å². The Morgan fingerprint density at radius 1 is 1.18 bits per heavy atom. The summed E-state index contributed by atoms with van der Waals surface area (Å²) >= 11 is 5.88. The number of hydrogen-bond acceptors (Lipinski definition) is 5. The van der Waals surface area contributed by atoms with E-state index in [1.807, 2.05) is 0 Å². The fraction of sp³-hybridized carbons (Fsp3) is 0.316. The number of nitrogens with one attached hydrogen (secondary N) is 1. The normalized spacial score (nSPS) is 11.5. The molecule has 0 saturated heterocycles. The Hall–Kier alpha value is -2.29. The summed E-state index contributed by atoms with van der Waals surface area (Å²) in [5.74, 6) is -0.279. The van der Waals surface area contributed by atoms with Gasteiger partial charge in [-0.25, -0.2) is 8.42 Å². The number of hydrogen-bond donors (Lipinski definition) is 2. The van der Waals surface area contributed by atoms with Crippen molar-refractivity contribution in [2.45, 2.75) is 25.7 Å². The maximum Gasteiger partial charge on any atom is 0.262 e. The zero-order valence-electron chi connectivity index (χ0n) is 15.9. The number of sulfonamides is 1. The second-order valence-corrected chi connectivity index (χ2v) is 8.39. The molecule has 0 aromatic heterocycles. The van der Waals surface area contributed by atoms with Crippen LogP contribution in [0.15, 0.2) is 41.3 Å². The average Bonchev–Trinajstić information content (AvgIpc) is 2.63. The molecule has 2 aromatic carbocycles. The van der Waals surface area contributed by atoms with Gasteiger partial charge in [0.1, 0.15) is 11.5 Å². The lowest BCUT2D eigenvalue weighted by Crippen LogP contribution is -2.30. The molecule has 0 fully saturated rings. The van der Waals surface area contributed by atoms with Crippen LogP contribution in [0.1, 0.15) is 19.4 Å². The lowest BCUT2D eigenvalue weighted by atomic mass is 10.2. The zero-order chi connectivity index (χ0) is 20.9. The topological polar surface area (TPSA) is 95.9 Å². The molecule has 0 aliphatic heterocycles. The van der Waals surface area contributed by atoms with Crippen LogP contribution in [0.25, 0.3) is 0 Å². The van der Waals surface area contributed by atoms with Crippen molar-refractivity contribution in [3.63, 3.8) is 0 Å². The Bertz CT molecular complexity index is 959. The summed E-state index contributed by atoms with van der Waals surface area (Å²) in [6.45, 7) is 5.59. The van der Waals surface area contributed by atoms with Crippen molar-refractivity contribution in [2.75, 3.05) is 25.0 Å². The maximum atomic E-state index is 12.6. The van der Waals surface area contributed by atoms with E-state index in [0.717, 1.165) is 5.56 Å². The van der Waals surface area contributed by atoms with E-state index >= 15 is 0 Å². The molecule has 9 heteroatoms. The molecule has 0 radical (unpaired) electrons. The highest BCUT2D eigenvalue weighted by atomic mass is 35.5. The summed E-state index contributed by atoms with van der Waals surface area (Å²) < 4.78 is 32.0. The second kappa shape index (κ2) is 9.27. The van der Waals surface area contributed by atoms with Gasteiger partial charge in [-0.1, -0.05) is 25.4 Å². The van der Waals surface area contributed by atoms with Crippen LogP contribution in [0.3, 0.4) is 0 Å². The summed E-state index contributed by atoms with van der Waals surface area (Å²) in [6.07, 6.45) is 0. The Morgan fingerprint density at radius 2 is 1.86 bits per heavy atom. The molecule has 0 heterocycles. The first-order valence-electron chi connectivity index (χ1n) is 8.71. The molecule has 1 amide bonds. The lowest BCUT2D eigenvalue weighted by Gasteiger charge is -2.19. The predicted molar refractivity (Wildman–Crippen MR) is 109 cm³/mol. The van der Waals surface area contributed by atoms with Crippen molar-refractivity contribution >= 4 is 33.2 Å². The van der Waals surface area contributed by atoms with Crippen LogP contribution in [0.5, 0.6) is 11.5 Å². The number of benzene rings is 2. The van der Waals surface area contributed by atoms with E-state index in [9.17, 15) is 18.3 Å². The van der Waals surface area contributed by atoms with Gasteiger partial charge >= 0.3 is 0 Å². The fourth-order valence-corrected chi connectivity index (χ4v) is 4.30. The predicted octanol–water partition coefficient (Wildman–Crippen LogP) is 3.40. The van der Waals surface area contributed by atoms with Crippen molar-refractivity contribution in [1.82, 2.24) is 4.31 Å². The number of phenolic OH excluding ortho intramolecular Hbond substituents is 1. The molecule has 152 valence electrons. The molecule has 0 saturated carbocycles. The number of carbonyl (C=O) groups excluding carboxylic acids is 1. The first-order chi connectivity index (χ1) is 13.2. The minimum absolute atomic E-state index is 0.00495. The third-order valence-corrected chi connectivity index (χ3v) is 6.36. The van der Waals surface area contributed by atoms with E-state index in [4.69, 9.17) is 16.3 Å². The summed E-state index contributed by atoms with van der Waals surface area (Å²) in [5.41, 5.74) is 0.769. The van der Waals surface area contributed by atoms with Gasteiger partial charge in [0.2, 0.25) is 10.0 Å². The third kappa shape index (κ3) is 5.15. The molecule has 0 aliphatic rings. The van der Waals surface area contributed by atoms with Gasteiger partial charge in [-0.15, -0.1) is 0 Å². The van der Waals surface area contributed by atoms with Gasteiger partial charge in [-0.2, -0.15) is 4.31 Å². The molecule has 0 aliphatic carbocycles. The minimum atomic E-state index is -3.71. The molecule has 2 rings (SSSR count). The quantitative estimate of drug-likeness (QED) is 0.630. The Morgan fingerprint density at radius 3 is 2.46 bits per heavy atom. The van der Waals surface area contributed by atoms with Crippen molar-refractivity contribution in [2.24, 2.45) is 0 Å². The van der Waals surface area contributed by atoms with E-state index in [-0.39, 0.29) is 22.9 Å². The molecule has 0 bridgehead atoms. The molecular formula is C19H23ClN2O5S. The number of anilines is 1. The van der Waals surface area contributed by atoms with Crippen LogP contribution in [-0.2, 0) is 14.8 Å². The van der Waals surface area contributed by atoms with E-state index in [0.29, 0.717) is 23.9 Å². The Labute approximate surface area is 169 Å². The number of phenols is 1. The summed E-state index contributed by atoms with van der Waals surface area (Å²) in [4.78, 5) is 12.2. The molecule has 0 atom stereocenters. The first-order valence-corrected chi connectivity index (χ1v) is 10.5. The smallest absolute Gasteiger partial charge is 0.262 e. The van der Waals surface area contributed by atoms with Gasteiger partial charge in [0, 0.05) is 18.1 Å². The van der Waals surface area contributed by atoms with Crippen molar-refractivity contribution in [3.8, 4) is 11.5 Å². The van der Waals surface area contributed by atoms with Gasteiger partial charge in [0.25, 0.3) is 5.91 Å². The third-order valence-electron chi connectivity index (χ3n) is 4.08. The minimum Gasteiger partial charge on any atom is -0.506 e. The molecule has 0 unspecified atom stereocenters. The average molecular weight is 427 g/mol. The van der Waals surface area contributed by atoms with Gasteiger partial charge in [0.15, 0.2) is 6.61 Å². The number of amides is 1. The number of rotatable bonds is 8. The number of aryl methyl sites for hydroxylation is 1. The number of aromatic hydroxyl groups is 1. The SMILES string of the molecule is CCN(CC)S(=O)(=O)c1ccc(O)c(NC(=O)COc2ccc(Cl)cc2C)c1. The summed E-state index contributed by atoms with van der Waals surface area (Å²) in [6, 6.07) is 8.77. The summed E-state index contributed by atoms with van der Waals surface area (Å²) in [5, 5.41) is 13.0. The zero-order valence-corrected chi connectivity index (χ0v) is 17.5. The highest BCUT2D eigenvalue weighted by Gasteiger charge is 2.23. The largest absolute Gasteiger partial charge is 0.506 e. The van der Waals surface area contributed by atoms with Crippen molar-refractivity contribution < 1.29 is 23.1 Å². The fourth-order valence-electron chi connectivity index (χ4n) is 2.59. The number of carbonyl (C=O) groups is 1. The van der Waals surface area contributed by atoms with Crippen molar-refractivity contribution in [1.29, 1.82) is 0 Å². The van der Waals surface area contributed by atoms with E-state index in [2.05, 4.69) is 5.32 Å². The highest BCUT2D eigenvalue weighted by molar-refractivity contribution is 7.89. The first kappa shape index (κ1) is 22.0. The molecule has 28 heavy (non-hydrogen) atoms. The molecular weight excluding hydrogens is 404 g/mol. The van der Waals surface area contributed by atoms with Gasteiger partial charge < -0.3 is 15.2 Å². The monoisotopic (exact) mass is 426 g/mol. The molecule has 2 N–H and O–H groups in total. The summed E-state index contributed by atoms with van der Waals surface area (Å²) in [7, 11) is -3.71. The van der Waals surface area contributed by atoms with Crippen LogP contribution in [-0.4, -0.2) is 43.4 Å². The van der Waals surface area contributed by atoms with Crippen LogP contribution in [0.2, 0.25) is 5.02 Å². The number of halogens is 1. The van der Waals surface area contributed by atoms with Crippen LogP contribution in [0.4, 0.5) is 5.69 Å². The maximum absolute atomic E-state index is 12.6. The second-order valence-electron chi connectivity index (χ2n) is 6.01. The van der Waals surface area contributed by atoms with Gasteiger partial charge in [-0.3, -0.25) is 4.79 Å². The Kier molecular flexibility index (Phi) is 7.29. The Balaban J connectivity index is 2.14. The lowest BCUT2D eigenvalue weighted by molar-refractivity contribution is -0.118. The van der Waals surface area contributed by atoms with Crippen molar-refractivity contribution in [3.05, 3.63) is 47.0 Å². The van der Waals surface area contributed by atoms with Gasteiger partial charge in [0.05, 0.1) is 10.6 Å². The highest BCUT2D eigenvalue weighted by Crippen LogP contribution is 2.28. The van der Waals surface area contributed by atoms with Crippen LogP contribution >= 0.6 is 11.6 Å². The number of ether oxygens (including phenoxy) is 1. The standard InChI is InChI=1S/C19H23ClN2O5S/c1-4-22(5-2)28(25,26)15-7-8-17(23)16(11-15)21-19(24)12-27-18-9-6-14(20)10-13(18)3/h6-11,23H,4-5,12H2,1-3H3,(H,21,24). The molecule has 0 spiro atoms. The van der Waals surface area contributed by atoms with E-state index in [1.165, 1.54) is 22.5 Å². The van der Waals surface area contributed by atoms with Crippen LogP contribution < -0.4 is 10.1 Å².